The average molecular weight is 281 g/mol. The first kappa shape index (κ1) is 14.6. The van der Waals surface area contributed by atoms with Crippen molar-refractivity contribution in [3.05, 3.63) is 12.5 Å². The van der Waals surface area contributed by atoms with Crippen LogP contribution in [0.2, 0.25) is 0 Å². The highest BCUT2D eigenvalue weighted by molar-refractivity contribution is 5.70. The summed E-state index contributed by atoms with van der Waals surface area (Å²) < 4.78 is 12.7. The number of fused-ring (bicyclic) bond motifs is 1. The normalized spacial score (nSPS) is 13.2. The molecule has 0 amide bonds. The van der Waals surface area contributed by atoms with Crippen LogP contribution in [0, 0.1) is 0 Å². The average Bonchev–Trinajstić information content (AvgIpc) is 2.81. The van der Waals surface area contributed by atoms with E-state index in [1.54, 1.807) is 17.1 Å². The Morgan fingerprint density at radius 1 is 1.35 bits per heavy atom. The second-order valence-electron chi connectivity index (χ2n) is 4.63. The molecule has 0 radical (unpaired) electrons. The van der Waals surface area contributed by atoms with Crippen LogP contribution in [0.3, 0.4) is 0 Å². The zero-order valence-electron chi connectivity index (χ0n) is 11.6. The van der Waals surface area contributed by atoms with E-state index in [0.717, 1.165) is 5.52 Å². The summed E-state index contributed by atoms with van der Waals surface area (Å²) in [5.41, 5.74) is 6.73. The van der Waals surface area contributed by atoms with Crippen LogP contribution in [-0.2, 0) is 16.2 Å². The molecule has 2 aromatic rings. The van der Waals surface area contributed by atoms with Gasteiger partial charge in [-0.1, -0.05) is 0 Å². The number of hydrogen-bond acceptors (Lipinski definition) is 7. The van der Waals surface area contributed by atoms with Crippen LogP contribution >= 0.6 is 0 Å². The lowest BCUT2D eigenvalue weighted by molar-refractivity contribution is -0.0775. The van der Waals surface area contributed by atoms with Gasteiger partial charge in [-0.2, -0.15) is 4.98 Å². The number of anilines is 1. The Hall–Kier alpha value is -1.77. The summed E-state index contributed by atoms with van der Waals surface area (Å²) >= 11 is 0. The summed E-state index contributed by atoms with van der Waals surface area (Å²) in [6.45, 7) is 4.32. The van der Waals surface area contributed by atoms with E-state index in [-0.39, 0.29) is 31.5 Å². The summed E-state index contributed by atoms with van der Waals surface area (Å²) in [6.07, 6.45) is 2.89. The van der Waals surface area contributed by atoms with Crippen molar-refractivity contribution < 1.29 is 14.6 Å². The molecule has 0 aliphatic heterocycles. The molecule has 0 spiro atoms. The monoisotopic (exact) mass is 281 g/mol. The molecule has 0 aliphatic carbocycles. The highest BCUT2D eigenvalue weighted by Crippen LogP contribution is 2.10. The molecule has 2 heterocycles. The summed E-state index contributed by atoms with van der Waals surface area (Å²) in [6, 6.07) is 0. The lowest BCUT2D eigenvalue weighted by Gasteiger charge is -2.17. The summed E-state index contributed by atoms with van der Waals surface area (Å²) in [5, 5.41) is 9.25. The van der Waals surface area contributed by atoms with Crippen molar-refractivity contribution in [1.82, 2.24) is 19.5 Å². The van der Waals surface area contributed by atoms with Gasteiger partial charge < -0.3 is 24.9 Å². The van der Waals surface area contributed by atoms with Gasteiger partial charge >= 0.3 is 0 Å². The molecule has 0 saturated heterocycles. The van der Waals surface area contributed by atoms with Gasteiger partial charge in [-0.25, -0.2) is 9.97 Å². The summed E-state index contributed by atoms with van der Waals surface area (Å²) in [7, 11) is 0. The van der Waals surface area contributed by atoms with Crippen LogP contribution in [0.5, 0.6) is 0 Å². The van der Waals surface area contributed by atoms with Crippen molar-refractivity contribution in [3.8, 4) is 0 Å². The number of nitrogens with two attached hydrogens (primary N) is 1. The zero-order valence-corrected chi connectivity index (χ0v) is 11.6. The number of rotatable bonds is 7. The van der Waals surface area contributed by atoms with Crippen molar-refractivity contribution in [2.45, 2.75) is 32.8 Å². The van der Waals surface area contributed by atoms with E-state index in [0.29, 0.717) is 12.3 Å². The van der Waals surface area contributed by atoms with Gasteiger partial charge in [0.2, 0.25) is 5.95 Å². The predicted octanol–water partition coefficient (Wildman–Crippen LogP) is 0.168. The third-order valence-corrected chi connectivity index (χ3v) is 2.67. The Balaban J connectivity index is 1.97. The third-order valence-electron chi connectivity index (χ3n) is 2.67. The molecule has 3 N–H and O–H groups in total. The van der Waals surface area contributed by atoms with Gasteiger partial charge in [-0.15, -0.1) is 0 Å². The molecule has 0 fully saturated rings. The van der Waals surface area contributed by atoms with E-state index >= 15 is 0 Å². The quantitative estimate of drug-likeness (QED) is 0.744. The second kappa shape index (κ2) is 6.60. The minimum atomic E-state index is -0.385. The van der Waals surface area contributed by atoms with Gasteiger partial charge in [0.15, 0.2) is 5.65 Å². The highest BCUT2D eigenvalue weighted by Gasteiger charge is 2.11. The van der Waals surface area contributed by atoms with Gasteiger partial charge in [-0.05, 0) is 13.8 Å². The van der Waals surface area contributed by atoms with E-state index < -0.39 is 0 Å². The molecule has 0 aliphatic rings. The topological polar surface area (TPSA) is 108 Å². The van der Waals surface area contributed by atoms with E-state index in [2.05, 4.69) is 15.0 Å². The van der Waals surface area contributed by atoms with Crippen LogP contribution in [-0.4, -0.2) is 50.0 Å². The second-order valence-corrected chi connectivity index (χ2v) is 4.63. The van der Waals surface area contributed by atoms with Crippen LogP contribution in [0.15, 0.2) is 12.5 Å². The highest BCUT2D eigenvalue weighted by atomic mass is 16.5. The number of aliphatic hydroxyl groups excluding tert-OH is 1. The van der Waals surface area contributed by atoms with Gasteiger partial charge in [0.25, 0.3) is 0 Å². The molecule has 8 nitrogen and oxygen atoms in total. The fourth-order valence-electron chi connectivity index (χ4n) is 1.61. The number of ether oxygens (including phenoxy) is 2. The van der Waals surface area contributed by atoms with Crippen LogP contribution in [0.25, 0.3) is 11.2 Å². The van der Waals surface area contributed by atoms with Crippen molar-refractivity contribution in [2.24, 2.45) is 0 Å². The van der Waals surface area contributed by atoms with E-state index in [4.69, 9.17) is 15.2 Å². The van der Waals surface area contributed by atoms with Crippen LogP contribution < -0.4 is 5.73 Å². The van der Waals surface area contributed by atoms with E-state index in [1.165, 1.54) is 0 Å². The first-order valence-electron chi connectivity index (χ1n) is 6.37. The first-order valence-corrected chi connectivity index (χ1v) is 6.37. The SMILES string of the molecule is CC(C)OCC(CO)OCn1cnc2nc(N)ncc21. The van der Waals surface area contributed by atoms with Crippen LogP contribution in [0.4, 0.5) is 5.95 Å². The van der Waals surface area contributed by atoms with E-state index in [9.17, 15) is 5.11 Å². The van der Waals surface area contributed by atoms with Gasteiger partial charge in [0.1, 0.15) is 18.4 Å². The van der Waals surface area contributed by atoms with Gasteiger partial charge in [0, 0.05) is 0 Å². The third kappa shape index (κ3) is 3.62. The Kier molecular flexibility index (Phi) is 4.83. The number of nitrogen functional groups attached to an aromatic ring is 1. The number of hydrogen-bond donors (Lipinski definition) is 2. The molecule has 0 aromatic carbocycles. The first-order chi connectivity index (χ1) is 9.60. The standard InChI is InChI=1S/C12H19N5O3/c1-8(2)19-5-9(4-18)20-7-17-6-15-11-10(17)3-14-12(13)16-11/h3,6,8-9,18H,4-5,7H2,1-2H3,(H2,13,14,16). The van der Waals surface area contributed by atoms with Gasteiger partial charge in [0.05, 0.1) is 31.8 Å². The van der Waals surface area contributed by atoms with Crippen molar-refractivity contribution in [3.63, 3.8) is 0 Å². The maximum Gasteiger partial charge on any atom is 0.222 e. The molecule has 8 heteroatoms. The lowest BCUT2D eigenvalue weighted by Crippen LogP contribution is -2.26. The molecule has 1 atom stereocenters. The largest absolute Gasteiger partial charge is 0.394 e. The fraction of sp³-hybridized carbons (Fsp3) is 0.583. The Labute approximate surface area is 116 Å². The molecular weight excluding hydrogens is 262 g/mol. The maximum absolute atomic E-state index is 9.25. The summed E-state index contributed by atoms with van der Waals surface area (Å²) in [5.74, 6) is 0.183. The Morgan fingerprint density at radius 3 is 2.85 bits per heavy atom. The van der Waals surface area contributed by atoms with Crippen molar-refractivity contribution in [2.75, 3.05) is 18.9 Å². The lowest BCUT2D eigenvalue weighted by atomic mass is 10.4. The smallest absolute Gasteiger partial charge is 0.222 e. The Bertz CT molecular complexity index is 557. The molecule has 110 valence electrons. The Morgan fingerprint density at radius 2 is 2.15 bits per heavy atom. The molecule has 0 saturated carbocycles. The van der Waals surface area contributed by atoms with Crippen molar-refractivity contribution in [1.29, 1.82) is 0 Å². The van der Waals surface area contributed by atoms with E-state index in [1.807, 2.05) is 13.8 Å². The minimum Gasteiger partial charge on any atom is -0.394 e. The van der Waals surface area contributed by atoms with Gasteiger partial charge in [-0.3, -0.25) is 0 Å². The molecular formula is C12H19N5O3. The molecule has 0 bridgehead atoms. The number of imidazole rings is 1. The molecule has 2 aromatic heterocycles. The molecule has 2 rings (SSSR count). The number of aliphatic hydroxyl groups is 1. The molecule has 20 heavy (non-hydrogen) atoms. The van der Waals surface area contributed by atoms with Crippen LogP contribution in [0.1, 0.15) is 13.8 Å². The zero-order chi connectivity index (χ0) is 14.5. The minimum absolute atomic E-state index is 0.0955. The maximum atomic E-state index is 9.25. The fourth-order valence-corrected chi connectivity index (χ4v) is 1.61. The molecule has 1 unspecified atom stereocenters. The number of aromatic nitrogens is 4. The predicted molar refractivity (Wildman–Crippen MR) is 72.8 cm³/mol. The summed E-state index contributed by atoms with van der Waals surface area (Å²) in [4.78, 5) is 12.0. The number of nitrogens with zero attached hydrogens (tertiary/aromatic N) is 4. The van der Waals surface area contributed by atoms with Crippen molar-refractivity contribution >= 4 is 17.1 Å².